The third-order valence-corrected chi connectivity index (χ3v) is 5.97. The molecule has 1 rings (SSSR count). The third kappa shape index (κ3) is 4.95. The molecule has 0 aliphatic carbocycles. The second kappa shape index (κ2) is 7.58. The molecule has 124 valence electrons. The molecular formula is C15H30N2O3S. The molecule has 1 aliphatic heterocycles. The van der Waals surface area contributed by atoms with Crippen molar-refractivity contribution in [3.05, 3.63) is 0 Å². The van der Waals surface area contributed by atoms with Crippen LogP contribution in [0.2, 0.25) is 0 Å². The molecule has 1 fully saturated rings. The number of carbonyl (C=O) groups is 1. The van der Waals surface area contributed by atoms with Gasteiger partial charge in [-0.3, -0.25) is 10.1 Å². The monoisotopic (exact) mass is 318 g/mol. The Morgan fingerprint density at radius 2 is 1.86 bits per heavy atom. The van der Waals surface area contributed by atoms with Crippen molar-refractivity contribution in [1.82, 2.24) is 10.2 Å². The molecule has 5 nitrogen and oxygen atoms in total. The summed E-state index contributed by atoms with van der Waals surface area (Å²) in [6, 6.07) is -0.178. The molecule has 0 aromatic carbocycles. The molecule has 0 radical (unpaired) electrons. The molecule has 1 N–H and O–H groups in total. The Balaban J connectivity index is 2.82. The molecule has 0 aromatic heterocycles. The highest BCUT2D eigenvalue weighted by Crippen LogP contribution is 2.23. The molecule has 1 saturated heterocycles. The maximum Gasteiger partial charge on any atom is 0.241 e. The second-order valence-corrected chi connectivity index (χ2v) is 8.92. The van der Waals surface area contributed by atoms with Crippen molar-refractivity contribution < 1.29 is 13.2 Å². The van der Waals surface area contributed by atoms with Gasteiger partial charge in [0, 0.05) is 12.3 Å². The minimum atomic E-state index is -3.05. The van der Waals surface area contributed by atoms with Crippen molar-refractivity contribution >= 4 is 15.7 Å². The molecule has 0 aromatic rings. The SMILES string of the molecule is CCC(C)C1NC(CC(C)C)N(CCS(=O)(=O)CC)C1=O. The van der Waals surface area contributed by atoms with Crippen LogP contribution in [0.3, 0.4) is 0 Å². The summed E-state index contributed by atoms with van der Waals surface area (Å²) in [4.78, 5) is 14.3. The number of hydrogen-bond acceptors (Lipinski definition) is 4. The van der Waals surface area contributed by atoms with Gasteiger partial charge in [0.15, 0.2) is 9.84 Å². The lowest BCUT2D eigenvalue weighted by atomic mass is 9.99. The van der Waals surface area contributed by atoms with Crippen LogP contribution < -0.4 is 5.32 Å². The van der Waals surface area contributed by atoms with E-state index in [-0.39, 0.29) is 35.5 Å². The fraction of sp³-hybridized carbons (Fsp3) is 0.933. The van der Waals surface area contributed by atoms with Gasteiger partial charge in [0.25, 0.3) is 0 Å². The van der Waals surface area contributed by atoms with E-state index in [0.29, 0.717) is 12.5 Å². The van der Waals surface area contributed by atoms with Gasteiger partial charge < -0.3 is 4.90 Å². The van der Waals surface area contributed by atoms with E-state index in [9.17, 15) is 13.2 Å². The van der Waals surface area contributed by atoms with E-state index in [1.807, 2.05) is 0 Å². The largest absolute Gasteiger partial charge is 0.325 e. The van der Waals surface area contributed by atoms with Crippen LogP contribution in [-0.4, -0.2) is 49.5 Å². The number of sulfone groups is 1. The van der Waals surface area contributed by atoms with E-state index in [4.69, 9.17) is 0 Å². The first-order chi connectivity index (χ1) is 9.71. The van der Waals surface area contributed by atoms with Crippen molar-refractivity contribution in [3.63, 3.8) is 0 Å². The molecule has 0 saturated carbocycles. The van der Waals surface area contributed by atoms with Gasteiger partial charge in [-0.05, 0) is 18.3 Å². The Labute approximate surface area is 129 Å². The van der Waals surface area contributed by atoms with E-state index >= 15 is 0 Å². The zero-order chi connectivity index (χ0) is 16.2. The van der Waals surface area contributed by atoms with Gasteiger partial charge in [-0.25, -0.2) is 8.42 Å². The summed E-state index contributed by atoms with van der Waals surface area (Å²) in [7, 11) is -3.05. The molecular weight excluding hydrogens is 288 g/mol. The van der Waals surface area contributed by atoms with Gasteiger partial charge in [-0.1, -0.05) is 41.0 Å². The lowest BCUT2D eigenvalue weighted by Crippen LogP contribution is -2.41. The zero-order valence-corrected chi connectivity index (χ0v) is 14.7. The molecule has 1 aliphatic rings. The van der Waals surface area contributed by atoms with Crippen LogP contribution in [0.4, 0.5) is 0 Å². The fourth-order valence-corrected chi connectivity index (χ4v) is 3.40. The fourth-order valence-electron chi connectivity index (χ4n) is 2.63. The van der Waals surface area contributed by atoms with Gasteiger partial charge in [0.2, 0.25) is 5.91 Å². The first-order valence-electron chi connectivity index (χ1n) is 7.98. The first kappa shape index (κ1) is 18.4. The number of nitrogens with zero attached hydrogens (tertiary/aromatic N) is 1. The number of rotatable bonds is 8. The van der Waals surface area contributed by atoms with Gasteiger partial charge in [0.1, 0.15) is 0 Å². The number of hydrogen-bond donors (Lipinski definition) is 1. The molecule has 1 amide bonds. The van der Waals surface area contributed by atoms with Crippen molar-refractivity contribution in [2.45, 2.75) is 59.7 Å². The molecule has 3 unspecified atom stereocenters. The summed E-state index contributed by atoms with van der Waals surface area (Å²) < 4.78 is 23.4. The van der Waals surface area contributed by atoms with Gasteiger partial charge in [-0.2, -0.15) is 0 Å². The highest BCUT2D eigenvalue weighted by Gasteiger charge is 2.41. The Bertz CT molecular complexity index is 448. The van der Waals surface area contributed by atoms with Gasteiger partial charge in [0.05, 0.1) is 18.0 Å². The van der Waals surface area contributed by atoms with Crippen LogP contribution in [-0.2, 0) is 14.6 Å². The highest BCUT2D eigenvalue weighted by molar-refractivity contribution is 7.91. The van der Waals surface area contributed by atoms with Crippen molar-refractivity contribution in [3.8, 4) is 0 Å². The smallest absolute Gasteiger partial charge is 0.241 e. The van der Waals surface area contributed by atoms with E-state index in [2.05, 4.69) is 33.0 Å². The van der Waals surface area contributed by atoms with E-state index < -0.39 is 9.84 Å². The zero-order valence-electron chi connectivity index (χ0n) is 13.9. The van der Waals surface area contributed by atoms with E-state index in [0.717, 1.165) is 12.8 Å². The Kier molecular flexibility index (Phi) is 6.66. The average Bonchev–Trinajstić information content (AvgIpc) is 2.71. The predicted octanol–water partition coefficient (Wildman–Crippen LogP) is 1.64. The summed E-state index contributed by atoms with van der Waals surface area (Å²) in [5, 5.41) is 3.41. The Hall–Kier alpha value is -0.620. The van der Waals surface area contributed by atoms with Crippen molar-refractivity contribution in [2.24, 2.45) is 11.8 Å². The minimum Gasteiger partial charge on any atom is -0.325 e. The van der Waals surface area contributed by atoms with E-state index in [1.54, 1.807) is 11.8 Å². The van der Waals surface area contributed by atoms with Gasteiger partial charge >= 0.3 is 0 Å². The maximum absolute atomic E-state index is 12.6. The molecule has 21 heavy (non-hydrogen) atoms. The first-order valence-corrected chi connectivity index (χ1v) is 9.80. The quantitative estimate of drug-likeness (QED) is 0.739. The lowest BCUT2D eigenvalue weighted by molar-refractivity contribution is -0.130. The molecule has 3 atom stereocenters. The summed E-state index contributed by atoms with van der Waals surface area (Å²) in [6.07, 6.45) is 1.74. The molecule has 0 spiro atoms. The van der Waals surface area contributed by atoms with Crippen LogP contribution in [0, 0.1) is 11.8 Å². The number of nitrogens with one attached hydrogen (secondary N) is 1. The second-order valence-electron chi connectivity index (χ2n) is 6.44. The number of amides is 1. The van der Waals surface area contributed by atoms with Crippen LogP contribution in [0.5, 0.6) is 0 Å². The Morgan fingerprint density at radius 3 is 2.33 bits per heavy atom. The van der Waals surface area contributed by atoms with Crippen LogP contribution >= 0.6 is 0 Å². The molecule has 1 heterocycles. The minimum absolute atomic E-state index is 0.0384. The van der Waals surface area contributed by atoms with Crippen LogP contribution in [0.1, 0.15) is 47.5 Å². The van der Waals surface area contributed by atoms with Crippen LogP contribution in [0.25, 0.3) is 0 Å². The van der Waals surface area contributed by atoms with Crippen molar-refractivity contribution in [1.29, 1.82) is 0 Å². The maximum atomic E-state index is 12.6. The standard InChI is InChI=1S/C15H30N2O3S/c1-6-12(5)14-15(18)17(8-9-21(19,20)7-2)13(16-14)10-11(3)4/h11-14,16H,6-10H2,1-5H3. The Morgan fingerprint density at radius 1 is 1.24 bits per heavy atom. The molecule has 0 bridgehead atoms. The topological polar surface area (TPSA) is 66.5 Å². The summed E-state index contributed by atoms with van der Waals surface area (Å²) in [5.41, 5.74) is 0. The highest BCUT2D eigenvalue weighted by atomic mass is 32.2. The van der Waals surface area contributed by atoms with Crippen molar-refractivity contribution in [2.75, 3.05) is 18.1 Å². The van der Waals surface area contributed by atoms with E-state index in [1.165, 1.54) is 0 Å². The summed E-state index contributed by atoms with van der Waals surface area (Å²) in [5.74, 6) is 0.961. The lowest BCUT2D eigenvalue weighted by Gasteiger charge is -2.25. The normalized spacial score (nSPS) is 24.9. The van der Waals surface area contributed by atoms with Gasteiger partial charge in [-0.15, -0.1) is 0 Å². The third-order valence-electron chi connectivity index (χ3n) is 4.29. The molecule has 6 heteroatoms. The number of carbonyl (C=O) groups excluding carboxylic acids is 1. The predicted molar refractivity (Wildman–Crippen MR) is 85.7 cm³/mol. The average molecular weight is 318 g/mol. The summed E-state index contributed by atoms with van der Waals surface area (Å²) >= 11 is 0. The summed E-state index contributed by atoms with van der Waals surface area (Å²) in [6.45, 7) is 10.3. The van der Waals surface area contributed by atoms with Crippen LogP contribution in [0.15, 0.2) is 0 Å².